The maximum absolute atomic E-state index is 6.02. The SMILES string of the molecule is C=CCCc1c(C=C)[nH]c2ccc(Cl)cc12. The number of benzene rings is 1. The van der Waals surface area contributed by atoms with Crippen molar-refractivity contribution in [1.82, 2.24) is 4.98 Å². The number of rotatable bonds is 4. The van der Waals surface area contributed by atoms with Crippen LogP contribution in [0, 0.1) is 0 Å². The van der Waals surface area contributed by atoms with Crippen LogP contribution in [0.4, 0.5) is 0 Å². The van der Waals surface area contributed by atoms with Crippen LogP contribution in [0.5, 0.6) is 0 Å². The molecule has 0 atom stereocenters. The molecule has 1 aromatic carbocycles. The van der Waals surface area contributed by atoms with Crippen LogP contribution in [0.3, 0.4) is 0 Å². The van der Waals surface area contributed by atoms with E-state index in [2.05, 4.69) is 18.1 Å². The summed E-state index contributed by atoms with van der Waals surface area (Å²) in [5, 5.41) is 1.95. The van der Waals surface area contributed by atoms with Crippen molar-refractivity contribution in [2.24, 2.45) is 0 Å². The predicted octanol–water partition coefficient (Wildman–Crippen LogP) is 4.58. The Morgan fingerprint density at radius 1 is 1.31 bits per heavy atom. The number of fused-ring (bicyclic) bond motifs is 1. The minimum atomic E-state index is 0.766. The molecule has 0 aliphatic rings. The Hall–Kier alpha value is -1.47. The van der Waals surface area contributed by atoms with Crippen molar-refractivity contribution in [3.63, 3.8) is 0 Å². The van der Waals surface area contributed by atoms with E-state index in [0.717, 1.165) is 29.1 Å². The summed E-state index contributed by atoms with van der Waals surface area (Å²) in [4.78, 5) is 3.34. The van der Waals surface area contributed by atoms with Gasteiger partial charge in [0.15, 0.2) is 0 Å². The summed E-state index contributed by atoms with van der Waals surface area (Å²) in [6, 6.07) is 5.89. The molecule has 0 amide bonds. The van der Waals surface area contributed by atoms with Gasteiger partial charge in [-0.2, -0.15) is 0 Å². The quantitative estimate of drug-likeness (QED) is 0.742. The molecule has 2 aromatic rings. The summed E-state index contributed by atoms with van der Waals surface area (Å²) in [6.07, 6.45) is 5.70. The Morgan fingerprint density at radius 2 is 2.12 bits per heavy atom. The fourth-order valence-corrected chi connectivity index (χ4v) is 2.10. The molecular formula is C14H14ClN. The van der Waals surface area contributed by atoms with Gasteiger partial charge in [0, 0.05) is 21.6 Å². The molecule has 0 bridgehead atoms. The molecule has 1 heterocycles. The van der Waals surface area contributed by atoms with Crippen LogP contribution in [0.15, 0.2) is 37.4 Å². The lowest BCUT2D eigenvalue weighted by Crippen LogP contribution is -1.84. The van der Waals surface area contributed by atoms with Crippen molar-refractivity contribution in [1.29, 1.82) is 0 Å². The number of aromatic nitrogens is 1. The number of hydrogen-bond acceptors (Lipinski definition) is 0. The van der Waals surface area contributed by atoms with E-state index in [1.165, 1.54) is 10.9 Å². The Bertz CT molecular complexity index is 537. The van der Waals surface area contributed by atoms with Crippen LogP contribution in [-0.4, -0.2) is 4.98 Å². The monoisotopic (exact) mass is 231 g/mol. The van der Waals surface area contributed by atoms with Crippen molar-refractivity contribution in [3.8, 4) is 0 Å². The molecule has 1 N–H and O–H groups in total. The van der Waals surface area contributed by atoms with E-state index >= 15 is 0 Å². The van der Waals surface area contributed by atoms with Gasteiger partial charge in [-0.15, -0.1) is 6.58 Å². The lowest BCUT2D eigenvalue weighted by atomic mass is 10.1. The molecule has 0 aliphatic heterocycles. The van der Waals surface area contributed by atoms with Crippen LogP contribution >= 0.6 is 11.6 Å². The Labute approximate surface area is 100 Å². The highest BCUT2D eigenvalue weighted by atomic mass is 35.5. The van der Waals surface area contributed by atoms with Gasteiger partial charge in [-0.3, -0.25) is 0 Å². The van der Waals surface area contributed by atoms with Crippen molar-refractivity contribution < 1.29 is 0 Å². The van der Waals surface area contributed by atoms with Crippen molar-refractivity contribution >= 4 is 28.6 Å². The normalized spacial score (nSPS) is 10.6. The van der Waals surface area contributed by atoms with Crippen molar-refractivity contribution in [2.45, 2.75) is 12.8 Å². The first-order valence-electron chi connectivity index (χ1n) is 5.29. The highest BCUT2D eigenvalue weighted by molar-refractivity contribution is 6.31. The summed E-state index contributed by atoms with van der Waals surface area (Å²) in [6.45, 7) is 7.58. The fraction of sp³-hybridized carbons (Fsp3) is 0.143. The zero-order valence-corrected chi connectivity index (χ0v) is 9.85. The molecule has 0 spiro atoms. The first-order valence-corrected chi connectivity index (χ1v) is 5.67. The molecular weight excluding hydrogens is 218 g/mol. The molecule has 0 unspecified atom stereocenters. The molecule has 1 aromatic heterocycles. The lowest BCUT2D eigenvalue weighted by Gasteiger charge is -1.99. The maximum atomic E-state index is 6.02. The van der Waals surface area contributed by atoms with Gasteiger partial charge in [0.25, 0.3) is 0 Å². The zero-order chi connectivity index (χ0) is 11.5. The van der Waals surface area contributed by atoms with Crippen LogP contribution in [-0.2, 0) is 6.42 Å². The number of hydrogen-bond donors (Lipinski definition) is 1. The average molecular weight is 232 g/mol. The van der Waals surface area contributed by atoms with E-state index in [9.17, 15) is 0 Å². The van der Waals surface area contributed by atoms with Crippen LogP contribution in [0.25, 0.3) is 17.0 Å². The molecule has 16 heavy (non-hydrogen) atoms. The number of allylic oxidation sites excluding steroid dienone is 1. The van der Waals surface area contributed by atoms with Crippen LogP contribution in [0.2, 0.25) is 5.02 Å². The third-order valence-electron chi connectivity index (χ3n) is 2.70. The third-order valence-corrected chi connectivity index (χ3v) is 2.94. The van der Waals surface area contributed by atoms with E-state index < -0.39 is 0 Å². The standard InChI is InChI=1S/C14H14ClN/c1-3-5-6-11-12-9-10(15)7-8-14(12)16-13(11)4-2/h3-4,7-9,16H,1-2,5-6H2. The third kappa shape index (κ3) is 1.91. The molecule has 0 saturated heterocycles. The Balaban J connectivity index is 2.60. The second-order valence-corrected chi connectivity index (χ2v) is 4.18. The number of nitrogens with one attached hydrogen (secondary N) is 1. The van der Waals surface area contributed by atoms with E-state index in [4.69, 9.17) is 11.6 Å². The first kappa shape index (κ1) is 11.0. The van der Waals surface area contributed by atoms with Gasteiger partial charge in [-0.25, -0.2) is 0 Å². The van der Waals surface area contributed by atoms with Crippen LogP contribution in [0.1, 0.15) is 17.7 Å². The smallest absolute Gasteiger partial charge is 0.0462 e. The van der Waals surface area contributed by atoms with E-state index in [1.54, 1.807) is 0 Å². The van der Waals surface area contributed by atoms with E-state index in [-0.39, 0.29) is 0 Å². The maximum Gasteiger partial charge on any atom is 0.0462 e. The second kappa shape index (κ2) is 4.58. The Kier molecular flexibility index (Phi) is 3.16. The summed E-state index contributed by atoms with van der Waals surface area (Å²) >= 11 is 6.02. The number of H-pyrrole nitrogens is 1. The van der Waals surface area contributed by atoms with Gasteiger partial charge in [0.2, 0.25) is 0 Å². The van der Waals surface area contributed by atoms with Gasteiger partial charge in [-0.1, -0.05) is 24.3 Å². The topological polar surface area (TPSA) is 15.8 Å². The van der Waals surface area contributed by atoms with Gasteiger partial charge in [0.1, 0.15) is 0 Å². The molecule has 0 aliphatic carbocycles. The zero-order valence-electron chi connectivity index (χ0n) is 9.09. The predicted molar refractivity (Wildman–Crippen MR) is 71.9 cm³/mol. The number of aromatic amines is 1. The summed E-state index contributed by atoms with van der Waals surface area (Å²) in [5.41, 5.74) is 3.46. The first-order chi connectivity index (χ1) is 7.76. The van der Waals surface area contributed by atoms with Crippen molar-refractivity contribution in [3.05, 3.63) is 53.7 Å². The minimum absolute atomic E-state index is 0.766. The van der Waals surface area contributed by atoms with Crippen LogP contribution < -0.4 is 0 Å². The highest BCUT2D eigenvalue weighted by Crippen LogP contribution is 2.27. The Morgan fingerprint density at radius 3 is 2.81 bits per heavy atom. The van der Waals surface area contributed by atoms with Gasteiger partial charge in [0.05, 0.1) is 0 Å². The molecule has 82 valence electrons. The fourth-order valence-electron chi connectivity index (χ4n) is 1.93. The minimum Gasteiger partial charge on any atom is -0.355 e. The largest absolute Gasteiger partial charge is 0.355 e. The van der Waals surface area contributed by atoms with Gasteiger partial charge in [-0.05, 0) is 42.7 Å². The van der Waals surface area contributed by atoms with Gasteiger partial charge >= 0.3 is 0 Å². The second-order valence-electron chi connectivity index (χ2n) is 3.74. The van der Waals surface area contributed by atoms with E-state index in [1.807, 2.05) is 30.4 Å². The van der Waals surface area contributed by atoms with Crippen molar-refractivity contribution in [2.75, 3.05) is 0 Å². The highest BCUT2D eigenvalue weighted by Gasteiger charge is 2.08. The summed E-state index contributed by atoms with van der Waals surface area (Å²) < 4.78 is 0. The molecule has 0 saturated carbocycles. The summed E-state index contributed by atoms with van der Waals surface area (Å²) in [5.74, 6) is 0. The van der Waals surface area contributed by atoms with E-state index in [0.29, 0.717) is 0 Å². The molecule has 2 heteroatoms. The summed E-state index contributed by atoms with van der Waals surface area (Å²) in [7, 11) is 0. The molecule has 0 fully saturated rings. The number of aryl methyl sites for hydroxylation is 1. The average Bonchev–Trinajstić information content (AvgIpc) is 2.63. The molecule has 2 rings (SSSR count). The number of halogens is 1. The lowest BCUT2D eigenvalue weighted by molar-refractivity contribution is 1.01. The molecule has 0 radical (unpaired) electrons. The van der Waals surface area contributed by atoms with Gasteiger partial charge < -0.3 is 4.98 Å². The molecule has 1 nitrogen and oxygen atoms in total.